The molecule has 0 spiro atoms. The topological polar surface area (TPSA) is 57.4 Å². The van der Waals surface area contributed by atoms with Crippen LogP contribution in [0.15, 0.2) is 18.2 Å². The predicted octanol–water partition coefficient (Wildman–Crippen LogP) is 2.02. The highest BCUT2D eigenvalue weighted by atomic mass is 15.1. The molecule has 82 valence electrons. The molecule has 0 aromatic carbocycles. The van der Waals surface area contributed by atoms with E-state index in [0.29, 0.717) is 5.69 Å². The van der Waals surface area contributed by atoms with E-state index in [1.807, 2.05) is 34.3 Å². The second kappa shape index (κ2) is 3.26. The van der Waals surface area contributed by atoms with Crippen molar-refractivity contribution in [3.05, 3.63) is 35.2 Å². The second-order valence-corrected chi connectivity index (χ2v) is 4.19. The third kappa shape index (κ3) is 1.15. The second-order valence-electron chi connectivity index (χ2n) is 4.19. The van der Waals surface area contributed by atoms with E-state index in [9.17, 15) is 0 Å². The largest absolute Gasteiger partial charge is 0.329 e. The molecule has 2 aromatic heterocycles. The Morgan fingerprint density at radius 3 is 2.53 bits per heavy atom. The Morgan fingerprint density at radius 1 is 1.06 bits per heavy atom. The summed E-state index contributed by atoms with van der Waals surface area (Å²) in [6.07, 6.45) is 0. The van der Waals surface area contributed by atoms with Crippen molar-refractivity contribution in [3.63, 3.8) is 0 Å². The molecule has 2 aromatic rings. The molecule has 0 radical (unpaired) electrons. The molecule has 0 atom stereocenters. The minimum absolute atomic E-state index is 0.684. The molecule has 0 aliphatic carbocycles. The Balaban J connectivity index is 2.29. The monoisotopic (exact) mass is 222 g/mol. The van der Waals surface area contributed by atoms with Crippen molar-refractivity contribution in [2.45, 2.75) is 20.0 Å². The lowest BCUT2D eigenvalue weighted by Gasteiger charge is -2.20. The summed E-state index contributed by atoms with van der Waals surface area (Å²) in [7, 11) is 0. The minimum Gasteiger partial charge on any atom is -0.329 e. The number of fused-ring (bicyclic) bond motifs is 3. The molecule has 0 saturated carbocycles. The standard InChI is InChI=1S/C13H10N4/c1-9-6-12-11-3-2-10(7-14)16(11)4-5-17(12)13(9)8-15/h2-3,6H,4-5H2,1H3. The Kier molecular flexibility index (Phi) is 1.87. The number of hydrogen-bond donors (Lipinski definition) is 0. The predicted molar refractivity (Wildman–Crippen MR) is 62.0 cm³/mol. The molecular formula is C13H10N4. The van der Waals surface area contributed by atoms with E-state index >= 15 is 0 Å². The van der Waals surface area contributed by atoms with Crippen molar-refractivity contribution in [2.75, 3.05) is 0 Å². The van der Waals surface area contributed by atoms with Gasteiger partial charge in [0.1, 0.15) is 23.5 Å². The number of nitrogens with zero attached hydrogens (tertiary/aromatic N) is 4. The summed E-state index contributed by atoms with van der Waals surface area (Å²) in [4.78, 5) is 0. The van der Waals surface area contributed by atoms with Crippen molar-refractivity contribution >= 4 is 0 Å². The summed E-state index contributed by atoms with van der Waals surface area (Å²) in [6, 6.07) is 10.2. The van der Waals surface area contributed by atoms with Gasteiger partial charge in [-0.3, -0.25) is 0 Å². The summed E-state index contributed by atoms with van der Waals surface area (Å²) in [5.74, 6) is 0. The Bertz CT molecular complexity index is 688. The Hall–Kier alpha value is -2.46. The third-order valence-electron chi connectivity index (χ3n) is 3.30. The van der Waals surface area contributed by atoms with E-state index in [1.165, 1.54) is 0 Å². The zero-order valence-corrected chi connectivity index (χ0v) is 9.44. The van der Waals surface area contributed by atoms with Gasteiger partial charge in [0.25, 0.3) is 0 Å². The van der Waals surface area contributed by atoms with Crippen molar-refractivity contribution in [3.8, 4) is 23.5 Å². The molecule has 3 heterocycles. The fourth-order valence-electron chi connectivity index (χ4n) is 2.51. The summed E-state index contributed by atoms with van der Waals surface area (Å²) < 4.78 is 4.04. The number of hydrogen-bond acceptors (Lipinski definition) is 2. The van der Waals surface area contributed by atoms with Crippen LogP contribution in [0.5, 0.6) is 0 Å². The summed E-state index contributed by atoms with van der Waals surface area (Å²) >= 11 is 0. The molecule has 1 aliphatic heterocycles. The first-order chi connectivity index (χ1) is 8.26. The van der Waals surface area contributed by atoms with Gasteiger partial charge in [-0.2, -0.15) is 10.5 Å². The van der Waals surface area contributed by atoms with Gasteiger partial charge >= 0.3 is 0 Å². The highest BCUT2D eigenvalue weighted by molar-refractivity contribution is 5.63. The molecule has 4 heteroatoms. The molecule has 4 nitrogen and oxygen atoms in total. The Labute approximate surface area is 98.9 Å². The number of aryl methyl sites for hydroxylation is 1. The van der Waals surface area contributed by atoms with Gasteiger partial charge in [0.05, 0.1) is 11.4 Å². The van der Waals surface area contributed by atoms with Crippen molar-refractivity contribution in [2.24, 2.45) is 0 Å². The van der Waals surface area contributed by atoms with Gasteiger partial charge in [0, 0.05) is 13.1 Å². The lowest BCUT2D eigenvalue weighted by Crippen LogP contribution is -2.17. The molecule has 1 aliphatic rings. The number of rotatable bonds is 0. The van der Waals surface area contributed by atoms with E-state index in [0.717, 1.165) is 35.7 Å². The maximum absolute atomic E-state index is 9.13. The zero-order chi connectivity index (χ0) is 12.0. The maximum Gasteiger partial charge on any atom is 0.123 e. The van der Waals surface area contributed by atoms with Gasteiger partial charge in [0.2, 0.25) is 0 Å². The van der Waals surface area contributed by atoms with E-state index in [2.05, 4.69) is 12.1 Å². The van der Waals surface area contributed by atoms with Crippen LogP contribution >= 0.6 is 0 Å². The van der Waals surface area contributed by atoms with Gasteiger partial charge in [-0.1, -0.05) is 0 Å². The fourth-order valence-corrected chi connectivity index (χ4v) is 2.51. The highest BCUT2D eigenvalue weighted by Crippen LogP contribution is 2.30. The normalized spacial score (nSPS) is 12.4. The van der Waals surface area contributed by atoms with Crippen LogP contribution in [0.1, 0.15) is 17.0 Å². The van der Waals surface area contributed by atoms with Gasteiger partial charge in [0.15, 0.2) is 0 Å². The smallest absolute Gasteiger partial charge is 0.123 e. The first-order valence-electron chi connectivity index (χ1n) is 5.46. The number of aromatic nitrogens is 2. The average Bonchev–Trinajstić information content (AvgIpc) is 2.87. The third-order valence-corrected chi connectivity index (χ3v) is 3.30. The maximum atomic E-state index is 9.13. The quantitative estimate of drug-likeness (QED) is 0.684. The zero-order valence-electron chi connectivity index (χ0n) is 9.44. The van der Waals surface area contributed by atoms with Gasteiger partial charge in [-0.25, -0.2) is 0 Å². The lowest BCUT2D eigenvalue weighted by molar-refractivity contribution is 0.553. The Morgan fingerprint density at radius 2 is 1.82 bits per heavy atom. The molecule has 17 heavy (non-hydrogen) atoms. The number of nitriles is 2. The lowest BCUT2D eigenvalue weighted by atomic mass is 10.2. The van der Waals surface area contributed by atoms with Crippen LogP contribution in [0, 0.1) is 29.6 Å². The SMILES string of the molecule is Cc1cc2n(c1C#N)CCn1c(C#N)ccc1-2. The van der Waals surface area contributed by atoms with Crippen LogP contribution in [-0.2, 0) is 13.1 Å². The summed E-state index contributed by atoms with van der Waals surface area (Å²) in [5, 5.41) is 18.1. The molecule has 0 saturated heterocycles. The van der Waals surface area contributed by atoms with E-state index in [4.69, 9.17) is 10.5 Å². The van der Waals surface area contributed by atoms with Crippen LogP contribution in [0.25, 0.3) is 11.4 Å². The molecule has 0 amide bonds. The molecule has 0 N–H and O–H groups in total. The molecule has 0 bridgehead atoms. The van der Waals surface area contributed by atoms with Crippen LogP contribution in [-0.4, -0.2) is 9.13 Å². The van der Waals surface area contributed by atoms with Crippen LogP contribution in [0.3, 0.4) is 0 Å². The first-order valence-corrected chi connectivity index (χ1v) is 5.46. The van der Waals surface area contributed by atoms with Crippen LogP contribution in [0.2, 0.25) is 0 Å². The van der Waals surface area contributed by atoms with Crippen LogP contribution in [0.4, 0.5) is 0 Å². The van der Waals surface area contributed by atoms with Crippen molar-refractivity contribution < 1.29 is 0 Å². The van der Waals surface area contributed by atoms with Crippen molar-refractivity contribution in [1.82, 2.24) is 9.13 Å². The highest BCUT2D eigenvalue weighted by Gasteiger charge is 2.21. The van der Waals surface area contributed by atoms with Gasteiger partial charge in [-0.15, -0.1) is 0 Å². The molecule has 3 rings (SSSR count). The van der Waals surface area contributed by atoms with Gasteiger partial charge < -0.3 is 9.13 Å². The molecule has 0 unspecified atom stereocenters. The average molecular weight is 222 g/mol. The fraction of sp³-hybridized carbons (Fsp3) is 0.231. The van der Waals surface area contributed by atoms with Gasteiger partial charge in [-0.05, 0) is 30.7 Å². The van der Waals surface area contributed by atoms with Crippen LogP contribution < -0.4 is 0 Å². The summed E-state index contributed by atoms with van der Waals surface area (Å²) in [6.45, 7) is 3.45. The van der Waals surface area contributed by atoms with Crippen molar-refractivity contribution in [1.29, 1.82) is 10.5 Å². The van der Waals surface area contributed by atoms with E-state index in [-0.39, 0.29) is 0 Å². The van der Waals surface area contributed by atoms with E-state index in [1.54, 1.807) is 0 Å². The first kappa shape index (κ1) is 9.74. The van der Waals surface area contributed by atoms with E-state index < -0.39 is 0 Å². The molecular weight excluding hydrogens is 212 g/mol. The minimum atomic E-state index is 0.684. The molecule has 0 fully saturated rings. The summed E-state index contributed by atoms with van der Waals surface area (Å²) in [5.41, 5.74) is 4.47.